The summed E-state index contributed by atoms with van der Waals surface area (Å²) in [5.41, 5.74) is 0.927. The average Bonchev–Trinajstić information content (AvgIpc) is 2.53. The molecular formula is C17H27NO6S2. The van der Waals surface area contributed by atoms with Crippen molar-refractivity contribution >= 4 is 20.1 Å². The van der Waals surface area contributed by atoms with Gasteiger partial charge in [-0.25, -0.2) is 13.6 Å². The molecule has 0 amide bonds. The fourth-order valence-electron chi connectivity index (χ4n) is 2.50. The van der Waals surface area contributed by atoms with Crippen LogP contribution in [0.4, 0.5) is 0 Å². The van der Waals surface area contributed by atoms with E-state index in [2.05, 4.69) is 6.58 Å². The molecular weight excluding hydrogens is 378 g/mol. The Morgan fingerprint density at radius 3 is 2.31 bits per heavy atom. The lowest BCUT2D eigenvalue weighted by molar-refractivity contribution is 0.114. The molecule has 1 aromatic rings. The first-order chi connectivity index (χ1) is 12.0. The quantitative estimate of drug-likeness (QED) is 0.427. The third-order valence-corrected chi connectivity index (χ3v) is 6.97. The number of benzene rings is 1. The molecule has 0 fully saturated rings. The Kier molecular flexibility index (Phi) is 8.42. The zero-order chi connectivity index (χ0) is 20.0. The van der Waals surface area contributed by atoms with Gasteiger partial charge in [0.2, 0.25) is 10.0 Å². The van der Waals surface area contributed by atoms with Gasteiger partial charge in [0.15, 0.2) is 0 Å². The smallest absolute Gasteiger partial charge is 0.296 e. The number of rotatable bonds is 11. The minimum Gasteiger partial charge on any atom is -0.393 e. The van der Waals surface area contributed by atoms with Gasteiger partial charge in [-0.15, -0.1) is 6.58 Å². The van der Waals surface area contributed by atoms with Gasteiger partial charge in [-0.2, -0.15) is 8.42 Å². The highest BCUT2D eigenvalue weighted by Gasteiger charge is 2.27. The van der Waals surface area contributed by atoms with E-state index in [-0.39, 0.29) is 24.3 Å². The van der Waals surface area contributed by atoms with E-state index in [1.807, 2.05) is 6.92 Å². The maximum absolute atomic E-state index is 12.1. The number of aliphatic hydroxyl groups excluding tert-OH is 1. The number of aliphatic hydroxyl groups is 1. The monoisotopic (exact) mass is 405 g/mol. The molecule has 3 atom stereocenters. The molecule has 0 saturated heterocycles. The van der Waals surface area contributed by atoms with Crippen LogP contribution in [-0.4, -0.2) is 39.9 Å². The number of sulfonamides is 1. The van der Waals surface area contributed by atoms with Crippen LogP contribution in [0.15, 0.2) is 41.8 Å². The molecule has 0 saturated carbocycles. The fraction of sp³-hybridized carbons (Fsp3) is 0.529. The van der Waals surface area contributed by atoms with Crippen LogP contribution >= 0.6 is 0 Å². The molecule has 26 heavy (non-hydrogen) atoms. The number of hydrogen-bond acceptors (Lipinski definition) is 6. The van der Waals surface area contributed by atoms with Gasteiger partial charge in [0.1, 0.15) is 0 Å². The van der Waals surface area contributed by atoms with Crippen LogP contribution in [-0.2, 0) is 24.3 Å². The van der Waals surface area contributed by atoms with Gasteiger partial charge in [0.25, 0.3) is 10.1 Å². The largest absolute Gasteiger partial charge is 0.393 e. The summed E-state index contributed by atoms with van der Waals surface area (Å²) < 4.78 is 52.1. The van der Waals surface area contributed by atoms with Crippen molar-refractivity contribution < 1.29 is 26.1 Å². The Balaban J connectivity index is 2.60. The van der Waals surface area contributed by atoms with Crippen molar-refractivity contribution in [3.8, 4) is 0 Å². The molecule has 9 heteroatoms. The van der Waals surface area contributed by atoms with Crippen LogP contribution in [0.1, 0.15) is 31.7 Å². The molecule has 0 spiro atoms. The first kappa shape index (κ1) is 22.8. The molecule has 0 heterocycles. The Bertz CT molecular complexity index is 787. The molecule has 7 nitrogen and oxygen atoms in total. The summed E-state index contributed by atoms with van der Waals surface area (Å²) in [6.07, 6.45) is 1.22. The third kappa shape index (κ3) is 7.16. The van der Waals surface area contributed by atoms with E-state index in [1.165, 1.54) is 19.1 Å². The molecule has 3 N–H and O–H groups in total. The highest BCUT2D eigenvalue weighted by atomic mass is 32.2. The first-order valence-electron chi connectivity index (χ1n) is 8.24. The lowest BCUT2D eigenvalue weighted by Crippen LogP contribution is -2.34. The predicted octanol–water partition coefficient (Wildman–Crippen LogP) is 1.71. The number of hydrogen-bond donors (Lipinski definition) is 2. The first-order valence-corrected chi connectivity index (χ1v) is 11.3. The van der Waals surface area contributed by atoms with E-state index < -0.39 is 37.4 Å². The molecule has 0 aliphatic rings. The second-order valence-electron chi connectivity index (χ2n) is 6.35. The van der Waals surface area contributed by atoms with E-state index in [9.17, 15) is 21.9 Å². The van der Waals surface area contributed by atoms with Gasteiger partial charge in [-0.1, -0.05) is 23.8 Å². The van der Waals surface area contributed by atoms with Crippen LogP contribution in [0, 0.1) is 12.8 Å². The van der Waals surface area contributed by atoms with Crippen molar-refractivity contribution in [3.63, 3.8) is 0 Å². The van der Waals surface area contributed by atoms with Crippen LogP contribution < -0.4 is 5.14 Å². The number of nitrogens with two attached hydrogens (primary N) is 1. The summed E-state index contributed by atoms with van der Waals surface area (Å²) in [5, 5.41) is 14.4. The maximum Gasteiger partial charge on any atom is 0.296 e. The zero-order valence-corrected chi connectivity index (χ0v) is 16.7. The molecule has 1 aromatic carbocycles. The van der Waals surface area contributed by atoms with Gasteiger partial charge in [-0.3, -0.25) is 4.18 Å². The predicted molar refractivity (Wildman–Crippen MR) is 100 cm³/mol. The van der Waals surface area contributed by atoms with Crippen LogP contribution in [0.5, 0.6) is 0 Å². The van der Waals surface area contributed by atoms with E-state index in [1.54, 1.807) is 18.2 Å². The van der Waals surface area contributed by atoms with Crippen molar-refractivity contribution in [2.75, 3.05) is 6.61 Å². The highest BCUT2D eigenvalue weighted by Crippen LogP contribution is 2.22. The Labute approximate surface area is 156 Å². The molecule has 0 radical (unpaired) electrons. The van der Waals surface area contributed by atoms with Crippen molar-refractivity contribution in [1.82, 2.24) is 0 Å². The molecule has 0 bridgehead atoms. The van der Waals surface area contributed by atoms with Crippen LogP contribution in [0.25, 0.3) is 0 Å². The van der Waals surface area contributed by atoms with Crippen molar-refractivity contribution in [2.45, 2.75) is 49.4 Å². The summed E-state index contributed by atoms with van der Waals surface area (Å²) in [6, 6.07) is 6.24. The average molecular weight is 406 g/mol. The van der Waals surface area contributed by atoms with E-state index >= 15 is 0 Å². The lowest BCUT2D eigenvalue weighted by Gasteiger charge is -2.23. The normalized spacial score (nSPS) is 16.0. The van der Waals surface area contributed by atoms with Crippen molar-refractivity contribution in [1.29, 1.82) is 0 Å². The zero-order valence-electron chi connectivity index (χ0n) is 15.0. The van der Waals surface area contributed by atoms with Crippen molar-refractivity contribution in [2.24, 2.45) is 11.1 Å². The van der Waals surface area contributed by atoms with Crippen LogP contribution in [0.2, 0.25) is 0 Å². The fourth-order valence-corrected chi connectivity index (χ4v) is 4.18. The lowest BCUT2D eigenvalue weighted by atomic mass is 9.94. The van der Waals surface area contributed by atoms with Gasteiger partial charge in [-0.05, 0) is 51.2 Å². The summed E-state index contributed by atoms with van der Waals surface area (Å²) in [7, 11) is -7.63. The molecule has 0 aliphatic carbocycles. The second-order valence-corrected chi connectivity index (χ2v) is 9.88. The number of allylic oxidation sites excluding steroid dienone is 1. The topological polar surface area (TPSA) is 124 Å². The maximum atomic E-state index is 12.1. The van der Waals surface area contributed by atoms with Gasteiger partial charge < -0.3 is 5.11 Å². The summed E-state index contributed by atoms with van der Waals surface area (Å²) in [4.78, 5) is 0.0463. The summed E-state index contributed by atoms with van der Waals surface area (Å²) in [5.74, 6) is -0.411. The minimum absolute atomic E-state index is 0.0463. The van der Waals surface area contributed by atoms with Gasteiger partial charge >= 0.3 is 0 Å². The minimum atomic E-state index is -3.89. The second kappa shape index (κ2) is 9.61. The van der Waals surface area contributed by atoms with Gasteiger partial charge in [0, 0.05) is 0 Å². The third-order valence-electron chi connectivity index (χ3n) is 4.23. The Morgan fingerprint density at radius 2 is 1.81 bits per heavy atom. The Morgan fingerprint density at radius 1 is 1.23 bits per heavy atom. The number of primary sulfonamides is 1. The highest BCUT2D eigenvalue weighted by molar-refractivity contribution is 7.89. The molecule has 0 aliphatic heterocycles. The van der Waals surface area contributed by atoms with Crippen molar-refractivity contribution in [3.05, 3.63) is 42.5 Å². The molecule has 0 aromatic heterocycles. The Hall–Kier alpha value is -1.26. The summed E-state index contributed by atoms with van der Waals surface area (Å²) >= 11 is 0. The van der Waals surface area contributed by atoms with Gasteiger partial charge in [0.05, 0.1) is 22.9 Å². The van der Waals surface area contributed by atoms with E-state index in [0.29, 0.717) is 6.42 Å². The standard InChI is InChI=1S/C17H27NO6S2/c1-4-5-15(14(3)25(18,20)21)12-16(19)10-11-24-26(22,23)17-8-6-13(2)7-9-17/h4,6-9,14-16,19H,1,5,10-12H2,2-3H3,(H2,18,20,21)/t14-,15-,16-/m0/s1. The summed E-state index contributed by atoms with van der Waals surface area (Å²) in [6.45, 7) is 6.70. The molecule has 148 valence electrons. The van der Waals surface area contributed by atoms with E-state index in [0.717, 1.165) is 5.56 Å². The SMILES string of the molecule is C=CC[C@@H](C[C@@H](O)CCOS(=O)(=O)c1ccc(C)cc1)[C@H](C)S(N)(=O)=O. The van der Waals surface area contributed by atoms with E-state index in [4.69, 9.17) is 9.32 Å². The molecule has 0 unspecified atom stereocenters. The van der Waals surface area contributed by atoms with Crippen LogP contribution in [0.3, 0.4) is 0 Å². The molecule has 1 rings (SSSR count). The number of aryl methyl sites for hydroxylation is 1.